The maximum absolute atomic E-state index is 13.5. The average molecular weight is 753 g/mol. The molecule has 7 rings (SSSR count). The summed E-state index contributed by atoms with van der Waals surface area (Å²) in [5, 5.41) is 18.7. The van der Waals surface area contributed by atoms with E-state index in [-0.39, 0.29) is 29.7 Å². The van der Waals surface area contributed by atoms with Gasteiger partial charge in [0.2, 0.25) is 0 Å². The molecular formula is C43H48N10O3. The molecule has 4 N–H and O–H groups in total. The molecule has 0 saturated carbocycles. The van der Waals surface area contributed by atoms with Crippen molar-refractivity contribution >= 4 is 45.9 Å². The molecule has 3 aromatic carbocycles. The van der Waals surface area contributed by atoms with E-state index in [0.717, 1.165) is 52.9 Å². The maximum atomic E-state index is 13.5. The van der Waals surface area contributed by atoms with Gasteiger partial charge in [-0.2, -0.15) is 5.10 Å². The number of ether oxygens (including phenoxy) is 1. The number of amides is 3. The number of benzene rings is 3. The molecule has 0 radical (unpaired) electrons. The van der Waals surface area contributed by atoms with Crippen LogP contribution < -0.4 is 26.0 Å². The molecule has 0 atom stereocenters. The molecule has 0 spiro atoms. The number of nitrogens with one attached hydrogen (secondary N) is 4. The van der Waals surface area contributed by atoms with Gasteiger partial charge in [0.1, 0.15) is 35.5 Å². The van der Waals surface area contributed by atoms with Crippen LogP contribution in [0.3, 0.4) is 0 Å². The Balaban J connectivity index is 0.973. The molecule has 0 unspecified atom stereocenters. The van der Waals surface area contributed by atoms with E-state index in [2.05, 4.69) is 61.9 Å². The Morgan fingerprint density at radius 2 is 1.61 bits per heavy atom. The van der Waals surface area contributed by atoms with Crippen LogP contribution in [0.2, 0.25) is 0 Å². The minimum absolute atomic E-state index is 0.212. The molecule has 1 aliphatic rings. The SMILES string of the molecule is Cc1ccc(-n2nc(C(C)(C)C)cc2NC(=O)Nc2ccc(OCc3ccnc(Nc4cnc(C(=O)NCCN5CCCCC5)cn4)c3)c3ccccc23)cc1. The number of nitrogens with zero attached hydrogens (tertiary/aromatic N) is 6. The number of hydrogen-bond acceptors (Lipinski definition) is 9. The lowest BCUT2D eigenvalue weighted by Crippen LogP contribution is -2.37. The van der Waals surface area contributed by atoms with Crippen molar-refractivity contribution in [3.8, 4) is 11.4 Å². The van der Waals surface area contributed by atoms with Crippen LogP contribution in [-0.2, 0) is 12.0 Å². The van der Waals surface area contributed by atoms with Gasteiger partial charge in [0.15, 0.2) is 0 Å². The number of urea groups is 1. The van der Waals surface area contributed by atoms with E-state index in [9.17, 15) is 9.59 Å². The largest absolute Gasteiger partial charge is 0.488 e. The van der Waals surface area contributed by atoms with Gasteiger partial charge in [0.05, 0.1) is 29.5 Å². The molecule has 6 aromatic rings. The zero-order chi connectivity index (χ0) is 39.1. The van der Waals surface area contributed by atoms with Crippen molar-refractivity contribution < 1.29 is 14.3 Å². The minimum atomic E-state index is -0.389. The number of anilines is 4. The fraction of sp³-hybridized carbons (Fsp3) is 0.302. The van der Waals surface area contributed by atoms with Crippen molar-refractivity contribution in [2.24, 2.45) is 0 Å². The van der Waals surface area contributed by atoms with Crippen LogP contribution in [0.15, 0.2) is 97.5 Å². The average Bonchev–Trinajstić information content (AvgIpc) is 3.63. The number of hydrogen-bond donors (Lipinski definition) is 4. The molecule has 0 bridgehead atoms. The third kappa shape index (κ3) is 9.47. The Morgan fingerprint density at radius 1 is 0.821 bits per heavy atom. The van der Waals surface area contributed by atoms with E-state index in [0.29, 0.717) is 35.4 Å². The van der Waals surface area contributed by atoms with Crippen LogP contribution in [0.25, 0.3) is 16.5 Å². The van der Waals surface area contributed by atoms with Crippen LogP contribution in [0, 0.1) is 6.92 Å². The summed E-state index contributed by atoms with van der Waals surface area (Å²) in [4.78, 5) is 41.6. The van der Waals surface area contributed by atoms with Crippen molar-refractivity contribution in [3.63, 3.8) is 0 Å². The summed E-state index contributed by atoms with van der Waals surface area (Å²) in [6.07, 6.45) is 8.39. The molecule has 0 aliphatic carbocycles. The van der Waals surface area contributed by atoms with Crippen LogP contribution in [0.1, 0.15) is 67.3 Å². The number of pyridine rings is 1. The summed E-state index contributed by atoms with van der Waals surface area (Å²) in [7, 11) is 0. The first kappa shape index (κ1) is 38.0. The second-order valence-corrected chi connectivity index (χ2v) is 15.1. The van der Waals surface area contributed by atoms with E-state index < -0.39 is 0 Å². The molecule has 1 aliphatic heterocycles. The molecule has 4 heterocycles. The van der Waals surface area contributed by atoms with Gasteiger partial charge in [-0.25, -0.2) is 24.4 Å². The highest BCUT2D eigenvalue weighted by molar-refractivity contribution is 6.07. The lowest BCUT2D eigenvalue weighted by atomic mass is 9.92. The molecule has 13 nitrogen and oxygen atoms in total. The Morgan fingerprint density at radius 3 is 2.36 bits per heavy atom. The number of piperidine rings is 1. The van der Waals surface area contributed by atoms with Crippen molar-refractivity contribution in [1.29, 1.82) is 0 Å². The third-order valence-electron chi connectivity index (χ3n) is 9.65. The van der Waals surface area contributed by atoms with Gasteiger partial charge in [-0.1, -0.05) is 69.2 Å². The van der Waals surface area contributed by atoms with Gasteiger partial charge in [-0.3, -0.25) is 10.1 Å². The van der Waals surface area contributed by atoms with Crippen molar-refractivity contribution in [1.82, 2.24) is 34.9 Å². The monoisotopic (exact) mass is 752 g/mol. The van der Waals surface area contributed by atoms with Gasteiger partial charge in [-0.15, -0.1) is 0 Å². The number of rotatable bonds is 12. The quantitative estimate of drug-likeness (QED) is 0.0975. The fourth-order valence-electron chi connectivity index (χ4n) is 6.53. The first-order valence-corrected chi connectivity index (χ1v) is 19.0. The zero-order valence-electron chi connectivity index (χ0n) is 32.3. The molecule has 1 fully saturated rings. The topological polar surface area (TPSA) is 151 Å². The molecule has 13 heteroatoms. The smallest absolute Gasteiger partial charge is 0.324 e. The number of aromatic nitrogens is 5. The summed E-state index contributed by atoms with van der Waals surface area (Å²) in [6, 6.07) is 24.8. The lowest BCUT2D eigenvalue weighted by molar-refractivity contribution is 0.0941. The van der Waals surface area contributed by atoms with Crippen molar-refractivity contribution in [3.05, 3.63) is 120 Å². The second kappa shape index (κ2) is 17.0. The zero-order valence-corrected chi connectivity index (χ0v) is 32.3. The number of fused-ring (bicyclic) bond motifs is 1. The number of aryl methyl sites for hydroxylation is 1. The second-order valence-electron chi connectivity index (χ2n) is 15.1. The number of carbonyl (C=O) groups excluding carboxylic acids is 2. The molecule has 3 amide bonds. The first-order valence-electron chi connectivity index (χ1n) is 19.0. The van der Waals surface area contributed by atoms with Gasteiger partial charge in [-0.05, 0) is 74.8 Å². The first-order chi connectivity index (χ1) is 27.1. The van der Waals surface area contributed by atoms with E-state index >= 15 is 0 Å². The van der Waals surface area contributed by atoms with E-state index in [1.165, 1.54) is 31.7 Å². The van der Waals surface area contributed by atoms with Crippen molar-refractivity contribution in [2.75, 3.05) is 42.1 Å². The number of likely N-dealkylation sites (tertiary alicyclic amines) is 1. The fourth-order valence-corrected chi connectivity index (χ4v) is 6.53. The maximum Gasteiger partial charge on any atom is 0.324 e. The molecular weight excluding hydrogens is 705 g/mol. The molecule has 56 heavy (non-hydrogen) atoms. The standard InChI is InChI=1S/C43H48N10O3/c1-29-12-14-31(15-13-29)53-40(25-37(51-53)43(2,3)4)50-42(55)48-34-16-17-36(33-11-7-6-10-32(33)34)56-28-30-18-19-44-38(24-30)49-39-27-46-35(26-47-39)41(54)45-20-23-52-21-8-5-9-22-52/h6-7,10-19,24-27H,5,8-9,20-23,28H2,1-4H3,(H,45,54)(H,44,47,49)(H2,48,50,55). The predicted molar refractivity (Wildman–Crippen MR) is 220 cm³/mol. The van der Waals surface area contributed by atoms with E-state index in [1.807, 2.05) is 85.8 Å². The van der Waals surface area contributed by atoms with E-state index in [4.69, 9.17) is 9.84 Å². The summed E-state index contributed by atoms with van der Waals surface area (Å²) in [6.45, 7) is 12.2. The van der Waals surface area contributed by atoms with Crippen LogP contribution in [0.4, 0.5) is 27.9 Å². The summed E-state index contributed by atoms with van der Waals surface area (Å²) in [5.74, 6) is 2.02. The van der Waals surface area contributed by atoms with Crippen LogP contribution in [-0.4, -0.2) is 67.7 Å². The Labute approximate surface area is 326 Å². The Kier molecular flexibility index (Phi) is 11.5. The van der Waals surface area contributed by atoms with Gasteiger partial charge in [0, 0.05) is 41.5 Å². The Hall–Kier alpha value is -6.34. The molecule has 288 valence electrons. The summed E-state index contributed by atoms with van der Waals surface area (Å²) >= 11 is 0. The highest BCUT2D eigenvalue weighted by atomic mass is 16.5. The summed E-state index contributed by atoms with van der Waals surface area (Å²) in [5.41, 5.74) is 4.42. The van der Waals surface area contributed by atoms with Gasteiger partial charge >= 0.3 is 6.03 Å². The van der Waals surface area contributed by atoms with Crippen LogP contribution in [0.5, 0.6) is 5.75 Å². The minimum Gasteiger partial charge on any atom is -0.488 e. The number of carbonyl (C=O) groups is 2. The molecule has 3 aromatic heterocycles. The highest BCUT2D eigenvalue weighted by Crippen LogP contribution is 2.33. The van der Waals surface area contributed by atoms with Crippen LogP contribution >= 0.6 is 0 Å². The lowest BCUT2D eigenvalue weighted by Gasteiger charge is -2.26. The van der Waals surface area contributed by atoms with Crippen molar-refractivity contribution in [2.45, 2.75) is 59.0 Å². The normalized spacial score (nSPS) is 13.3. The van der Waals surface area contributed by atoms with Gasteiger partial charge < -0.3 is 25.6 Å². The predicted octanol–water partition coefficient (Wildman–Crippen LogP) is 8.00. The molecule has 1 saturated heterocycles. The highest BCUT2D eigenvalue weighted by Gasteiger charge is 2.22. The Bertz CT molecular complexity index is 2290. The van der Waals surface area contributed by atoms with E-state index in [1.54, 1.807) is 10.9 Å². The third-order valence-corrected chi connectivity index (χ3v) is 9.65. The van der Waals surface area contributed by atoms with Gasteiger partial charge in [0.25, 0.3) is 5.91 Å². The summed E-state index contributed by atoms with van der Waals surface area (Å²) < 4.78 is 8.08.